The number of aromatic nitrogens is 6. The second-order valence-corrected chi connectivity index (χ2v) is 18.8. The molecule has 4 aliphatic heterocycles. The molecule has 4 aromatic heterocycles. The quantitative estimate of drug-likeness (QED) is 0.164. The van der Waals surface area contributed by atoms with Crippen molar-refractivity contribution < 1.29 is 18.6 Å². The number of hydrogen-bond donors (Lipinski definition) is 1. The lowest BCUT2D eigenvalue weighted by Crippen LogP contribution is -2.30. The molecule has 1 N–H and O–H groups in total. The van der Waals surface area contributed by atoms with E-state index >= 15 is 0 Å². The Labute approximate surface area is 381 Å². The van der Waals surface area contributed by atoms with Crippen LogP contribution in [0.25, 0.3) is 44.3 Å². The molecule has 3 aromatic carbocycles. The summed E-state index contributed by atoms with van der Waals surface area (Å²) in [5.74, 6) is 3.68. The van der Waals surface area contributed by atoms with Gasteiger partial charge in [0.15, 0.2) is 0 Å². The van der Waals surface area contributed by atoms with Gasteiger partial charge in [-0.15, -0.1) is 0 Å². The van der Waals surface area contributed by atoms with Crippen LogP contribution in [0.15, 0.2) is 63.6 Å². The summed E-state index contributed by atoms with van der Waals surface area (Å²) >= 11 is 12.5. The smallest absolute Gasteiger partial charge is 0.227 e. The maximum absolute atomic E-state index is 13.1. The molecule has 7 aromatic rings. The predicted octanol–water partition coefficient (Wildman–Crippen LogP) is 9.50. The molecule has 14 nitrogen and oxygen atoms in total. The highest BCUT2D eigenvalue weighted by atomic mass is 35.5. The summed E-state index contributed by atoms with van der Waals surface area (Å²) in [7, 11) is 4.31. The number of amides is 2. The van der Waals surface area contributed by atoms with E-state index in [0.29, 0.717) is 35.3 Å². The first-order valence-electron chi connectivity index (χ1n) is 22.2. The summed E-state index contributed by atoms with van der Waals surface area (Å²) in [6, 6.07) is 18.6. The Morgan fingerprint density at radius 1 is 0.656 bits per heavy atom. The monoisotopic (exact) mass is 902 g/mol. The standard InChI is InChI=1S/C27H27Cl2N5O2.C21H25N5O2/c1-15-26(16(2)36-31-15)17-4-7-23-22(12-17)30-27(34(23)19-10-11-32(3)14-19)24-8-9-25(35)33(24)18-5-6-20(28)21(29)13-18;1-12-20(13(2)28-24-12)14-4-6-18-17(10-14)23-21(16-5-7-19(27)22-16)26(18)15-8-9-25(3)11-15/h4-7,12-13,19,24H,8-11,14H2,1-3H3;4,6,10,15-16H,5,7-9,11H2,1-3H3,(H,22,27)/t19?,24-;15?,16-/m00/s1. The molecule has 332 valence electrons. The molecule has 0 radical (unpaired) electrons. The number of fused-ring (bicyclic) bond motifs is 2. The first-order valence-corrected chi connectivity index (χ1v) is 22.9. The van der Waals surface area contributed by atoms with Crippen LogP contribution in [0.4, 0.5) is 5.69 Å². The zero-order valence-electron chi connectivity index (χ0n) is 37.0. The predicted molar refractivity (Wildman–Crippen MR) is 248 cm³/mol. The number of benzene rings is 3. The van der Waals surface area contributed by atoms with E-state index in [1.165, 1.54) is 0 Å². The van der Waals surface area contributed by atoms with Gasteiger partial charge in [-0.25, -0.2) is 9.97 Å². The van der Waals surface area contributed by atoms with Crippen LogP contribution in [0.5, 0.6) is 0 Å². The molecular formula is C48H52Cl2N10O4. The van der Waals surface area contributed by atoms with Crippen molar-refractivity contribution in [3.63, 3.8) is 0 Å². The van der Waals surface area contributed by atoms with Gasteiger partial charge in [-0.1, -0.05) is 45.6 Å². The average Bonchev–Trinajstić information content (AvgIpc) is 4.14. The van der Waals surface area contributed by atoms with Crippen LogP contribution in [0, 0.1) is 27.7 Å². The normalized spacial score (nSPS) is 21.8. The Morgan fingerprint density at radius 3 is 1.70 bits per heavy atom. The summed E-state index contributed by atoms with van der Waals surface area (Å²) < 4.78 is 15.5. The molecule has 4 atom stereocenters. The molecule has 16 heteroatoms. The molecule has 8 heterocycles. The van der Waals surface area contributed by atoms with E-state index in [1.807, 2.05) is 38.7 Å². The van der Waals surface area contributed by atoms with Crippen LogP contribution >= 0.6 is 23.2 Å². The summed E-state index contributed by atoms with van der Waals surface area (Å²) in [5.41, 5.74) is 10.7. The molecule has 0 spiro atoms. The number of nitrogens with one attached hydrogen (secondary N) is 1. The van der Waals surface area contributed by atoms with Crippen molar-refractivity contribution in [2.24, 2.45) is 0 Å². The SMILES string of the molecule is Cc1noc(C)c1-c1ccc2c(c1)nc([C@@H]1CCC(=O)N1)n2C1CCN(C)C1.Cc1noc(C)c1-c1ccc2c(c1)nc([C@@H]1CCC(=O)N1c1ccc(Cl)c(Cl)c1)n2C1CCN(C)C1. The summed E-state index contributed by atoms with van der Waals surface area (Å²) in [5, 5.41) is 12.2. The van der Waals surface area contributed by atoms with Gasteiger partial charge in [0.25, 0.3) is 0 Å². The molecule has 0 bridgehead atoms. The number of anilines is 1. The molecule has 2 unspecified atom stereocenters. The molecule has 4 saturated heterocycles. The second-order valence-electron chi connectivity index (χ2n) is 18.0. The van der Waals surface area contributed by atoms with Crippen LogP contribution in [0.3, 0.4) is 0 Å². The highest BCUT2D eigenvalue weighted by molar-refractivity contribution is 6.42. The Kier molecular flexibility index (Phi) is 11.1. The number of halogens is 2. The highest BCUT2D eigenvalue weighted by Crippen LogP contribution is 2.43. The first kappa shape index (κ1) is 42.4. The van der Waals surface area contributed by atoms with Gasteiger partial charge in [0, 0.05) is 54.8 Å². The van der Waals surface area contributed by atoms with Crippen molar-refractivity contribution in [2.45, 2.75) is 90.4 Å². The van der Waals surface area contributed by atoms with E-state index in [0.717, 1.165) is 130 Å². The van der Waals surface area contributed by atoms with Gasteiger partial charge in [0.2, 0.25) is 11.8 Å². The fourth-order valence-corrected chi connectivity index (χ4v) is 10.8. The van der Waals surface area contributed by atoms with E-state index in [4.69, 9.17) is 42.2 Å². The van der Waals surface area contributed by atoms with Crippen LogP contribution in [-0.4, -0.2) is 91.3 Å². The molecule has 11 rings (SSSR count). The number of hydrogen-bond acceptors (Lipinski definition) is 10. The van der Waals surface area contributed by atoms with E-state index in [9.17, 15) is 9.59 Å². The number of nitrogens with zero attached hydrogens (tertiary/aromatic N) is 9. The zero-order chi connectivity index (χ0) is 44.6. The molecule has 64 heavy (non-hydrogen) atoms. The van der Waals surface area contributed by atoms with E-state index in [1.54, 1.807) is 12.1 Å². The Balaban J connectivity index is 0.000000156. The maximum atomic E-state index is 13.1. The number of imidazole rings is 2. The fraction of sp³-hybridized carbons (Fsp3) is 0.417. The van der Waals surface area contributed by atoms with Crippen molar-refractivity contribution in [3.8, 4) is 22.3 Å². The Hall–Kier alpha value is -5.54. The van der Waals surface area contributed by atoms with E-state index in [-0.39, 0.29) is 29.9 Å². The third-order valence-corrected chi connectivity index (χ3v) is 14.3. The van der Waals surface area contributed by atoms with Gasteiger partial charge in [-0.05, 0) is 134 Å². The van der Waals surface area contributed by atoms with Crippen LogP contribution in [0.2, 0.25) is 10.0 Å². The molecule has 0 aliphatic carbocycles. The number of likely N-dealkylation sites (tertiary alicyclic amines) is 2. The summed E-state index contributed by atoms with van der Waals surface area (Å²) in [4.78, 5) is 41.7. The Bertz CT molecular complexity index is 2910. The van der Waals surface area contributed by atoms with Crippen molar-refractivity contribution in [2.75, 3.05) is 45.2 Å². The largest absolute Gasteiger partial charge is 0.361 e. The van der Waals surface area contributed by atoms with E-state index < -0.39 is 0 Å². The molecule has 0 saturated carbocycles. The molecule has 4 aliphatic rings. The lowest BCUT2D eigenvalue weighted by molar-refractivity contribution is -0.119. The van der Waals surface area contributed by atoms with Crippen molar-refractivity contribution >= 4 is 62.8 Å². The first-order chi connectivity index (χ1) is 30.8. The van der Waals surface area contributed by atoms with Gasteiger partial charge < -0.3 is 38.2 Å². The van der Waals surface area contributed by atoms with Gasteiger partial charge in [0.05, 0.1) is 55.6 Å². The van der Waals surface area contributed by atoms with Crippen LogP contribution in [0.1, 0.15) is 97.2 Å². The molecule has 4 fully saturated rings. The minimum Gasteiger partial charge on any atom is -0.361 e. The average molecular weight is 904 g/mol. The third kappa shape index (κ3) is 7.57. The van der Waals surface area contributed by atoms with Crippen LogP contribution < -0.4 is 10.2 Å². The lowest BCUT2D eigenvalue weighted by atomic mass is 10.0. The minimum absolute atomic E-state index is 0.00618. The van der Waals surface area contributed by atoms with Gasteiger partial charge in [0.1, 0.15) is 23.2 Å². The summed E-state index contributed by atoms with van der Waals surface area (Å²) in [6.45, 7) is 11.8. The second kappa shape index (κ2) is 16.8. The number of carbonyl (C=O) groups is 2. The van der Waals surface area contributed by atoms with Crippen LogP contribution in [-0.2, 0) is 9.59 Å². The van der Waals surface area contributed by atoms with Gasteiger partial charge in [-0.2, -0.15) is 0 Å². The van der Waals surface area contributed by atoms with Gasteiger partial charge >= 0.3 is 0 Å². The number of rotatable bonds is 7. The summed E-state index contributed by atoms with van der Waals surface area (Å²) in [6.07, 6.45) is 4.67. The van der Waals surface area contributed by atoms with Gasteiger partial charge in [-0.3, -0.25) is 9.59 Å². The number of carbonyl (C=O) groups excluding carboxylic acids is 2. The van der Waals surface area contributed by atoms with Crippen molar-refractivity contribution in [3.05, 3.63) is 99.2 Å². The number of aryl methyl sites for hydroxylation is 4. The van der Waals surface area contributed by atoms with Crippen molar-refractivity contribution in [1.29, 1.82) is 0 Å². The third-order valence-electron chi connectivity index (χ3n) is 13.5. The minimum atomic E-state index is -0.185. The zero-order valence-corrected chi connectivity index (χ0v) is 38.5. The van der Waals surface area contributed by atoms with E-state index in [2.05, 4.69) is 85.1 Å². The fourth-order valence-electron chi connectivity index (χ4n) is 10.5. The van der Waals surface area contributed by atoms with Crippen molar-refractivity contribution in [1.82, 2.24) is 44.5 Å². The topological polar surface area (TPSA) is 144 Å². The maximum Gasteiger partial charge on any atom is 0.227 e. The number of likely N-dealkylation sites (N-methyl/N-ethyl adjacent to an activating group) is 2. The lowest BCUT2D eigenvalue weighted by Gasteiger charge is -2.27. The molecule has 2 amide bonds. The molecular weight excluding hydrogens is 851 g/mol. The highest BCUT2D eigenvalue weighted by Gasteiger charge is 2.39. The Morgan fingerprint density at radius 2 is 1.22 bits per heavy atom.